The minimum atomic E-state index is 0.151. The van der Waals surface area contributed by atoms with Gasteiger partial charge >= 0.3 is 0 Å². The van der Waals surface area contributed by atoms with Crippen molar-refractivity contribution in [1.29, 1.82) is 5.26 Å². The van der Waals surface area contributed by atoms with E-state index in [4.69, 9.17) is 5.26 Å². The molecule has 0 aliphatic heterocycles. The standard InChI is InChI=1S/C9H12N8/c1-2-3-4-17-9(12-14-15-17)6-16-7-11-8(5-10)13-16/h7H,2-4,6H2,1H3. The summed E-state index contributed by atoms with van der Waals surface area (Å²) in [6.45, 7) is 3.32. The summed E-state index contributed by atoms with van der Waals surface area (Å²) in [5.41, 5.74) is 0. The maximum absolute atomic E-state index is 8.61. The summed E-state index contributed by atoms with van der Waals surface area (Å²) in [6, 6.07) is 1.87. The van der Waals surface area contributed by atoms with E-state index in [2.05, 4.69) is 32.5 Å². The average molecular weight is 232 g/mol. The fourth-order valence-electron chi connectivity index (χ4n) is 1.38. The molecule has 8 heteroatoms. The molecule has 17 heavy (non-hydrogen) atoms. The molecular weight excluding hydrogens is 220 g/mol. The Labute approximate surface area is 97.9 Å². The third-order valence-corrected chi connectivity index (χ3v) is 2.27. The van der Waals surface area contributed by atoms with Crippen LogP contribution < -0.4 is 0 Å². The van der Waals surface area contributed by atoms with Crippen molar-refractivity contribution in [3.05, 3.63) is 18.0 Å². The normalized spacial score (nSPS) is 10.4. The van der Waals surface area contributed by atoms with E-state index in [0.717, 1.165) is 19.4 Å². The lowest BCUT2D eigenvalue weighted by Crippen LogP contribution is -2.10. The molecular formula is C9H12N8. The van der Waals surface area contributed by atoms with Gasteiger partial charge in [-0.1, -0.05) is 13.3 Å². The van der Waals surface area contributed by atoms with Crippen molar-refractivity contribution < 1.29 is 0 Å². The first-order valence-electron chi connectivity index (χ1n) is 5.38. The highest BCUT2D eigenvalue weighted by Gasteiger charge is 2.07. The highest BCUT2D eigenvalue weighted by atomic mass is 15.5. The largest absolute Gasteiger partial charge is 0.252 e. The Morgan fingerprint density at radius 2 is 2.35 bits per heavy atom. The van der Waals surface area contributed by atoms with Crippen molar-refractivity contribution in [3.63, 3.8) is 0 Å². The van der Waals surface area contributed by atoms with Crippen molar-refractivity contribution in [2.45, 2.75) is 32.9 Å². The Hall–Kier alpha value is -2.30. The maximum atomic E-state index is 8.61. The molecule has 8 nitrogen and oxygen atoms in total. The monoisotopic (exact) mass is 232 g/mol. The molecule has 0 saturated heterocycles. The van der Waals surface area contributed by atoms with Crippen LogP contribution in [0.25, 0.3) is 0 Å². The van der Waals surface area contributed by atoms with Gasteiger partial charge in [0.1, 0.15) is 18.9 Å². The second-order valence-corrected chi connectivity index (χ2v) is 3.55. The van der Waals surface area contributed by atoms with Gasteiger partial charge in [0, 0.05) is 6.54 Å². The lowest BCUT2D eigenvalue weighted by atomic mass is 10.3. The summed E-state index contributed by atoms with van der Waals surface area (Å²) in [7, 11) is 0. The Morgan fingerprint density at radius 3 is 3.06 bits per heavy atom. The van der Waals surface area contributed by atoms with Crippen LogP contribution in [-0.4, -0.2) is 35.0 Å². The summed E-state index contributed by atoms with van der Waals surface area (Å²) in [5.74, 6) is 0.866. The van der Waals surface area contributed by atoms with Crippen molar-refractivity contribution >= 4 is 0 Å². The lowest BCUT2D eigenvalue weighted by molar-refractivity contribution is 0.514. The molecule has 0 spiro atoms. The molecule has 0 aliphatic rings. The van der Waals surface area contributed by atoms with Crippen LogP contribution in [0, 0.1) is 11.3 Å². The summed E-state index contributed by atoms with van der Waals surface area (Å²) in [4.78, 5) is 3.82. The number of nitriles is 1. The smallest absolute Gasteiger partial charge is 0.244 e. The number of unbranched alkanes of at least 4 members (excludes halogenated alkanes) is 1. The summed E-state index contributed by atoms with van der Waals surface area (Å²) >= 11 is 0. The van der Waals surface area contributed by atoms with Crippen LogP contribution in [0.15, 0.2) is 6.33 Å². The highest BCUT2D eigenvalue weighted by molar-refractivity contribution is 5.05. The third kappa shape index (κ3) is 2.63. The zero-order valence-corrected chi connectivity index (χ0v) is 9.48. The van der Waals surface area contributed by atoms with Crippen LogP contribution in [0.5, 0.6) is 0 Å². The number of hydrogen-bond acceptors (Lipinski definition) is 6. The predicted octanol–water partition coefficient (Wildman–Crippen LogP) is -0.0153. The van der Waals surface area contributed by atoms with Gasteiger partial charge < -0.3 is 0 Å². The summed E-state index contributed by atoms with van der Waals surface area (Å²) in [6.07, 6.45) is 3.61. The first kappa shape index (κ1) is 11.2. The van der Waals surface area contributed by atoms with Crippen molar-refractivity contribution in [3.8, 4) is 6.07 Å². The molecule has 0 N–H and O–H groups in total. The van der Waals surface area contributed by atoms with E-state index in [1.54, 1.807) is 9.36 Å². The number of tetrazole rings is 1. The minimum Gasteiger partial charge on any atom is -0.244 e. The van der Waals surface area contributed by atoms with Crippen LogP contribution in [0.3, 0.4) is 0 Å². The molecule has 0 fully saturated rings. The maximum Gasteiger partial charge on any atom is 0.252 e. The van der Waals surface area contributed by atoms with Gasteiger partial charge in [-0.3, -0.25) is 0 Å². The van der Waals surface area contributed by atoms with Gasteiger partial charge in [-0.25, -0.2) is 14.3 Å². The van der Waals surface area contributed by atoms with Crippen LogP contribution in [0.4, 0.5) is 0 Å². The van der Waals surface area contributed by atoms with Gasteiger partial charge in [0.2, 0.25) is 0 Å². The molecule has 0 atom stereocenters. The molecule has 0 amide bonds. The highest BCUT2D eigenvalue weighted by Crippen LogP contribution is 1.99. The summed E-state index contributed by atoms with van der Waals surface area (Å²) in [5, 5.41) is 24.0. The number of nitrogens with zero attached hydrogens (tertiary/aromatic N) is 8. The number of aromatic nitrogens is 7. The van der Waals surface area contributed by atoms with E-state index in [9.17, 15) is 0 Å². The Bertz CT molecular complexity index is 519. The average Bonchev–Trinajstić information content (AvgIpc) is 2.96. The second-order valence-electron chi connectivity index (χ2n) is 3.55. The SMILES string of the molecule is CCCCn1nnnc1Cn1cnc(C#N)n1. The quantitative estimate of drug-likeness (QED) is 0.718. The third-order valence-electron chi connectivity index (χ3n) is 2.27. The van der Waals surface area contributed by atoms with E-state index in [1.807, 2.05) is 6.07 Å². The molecule has 0 unspecified atom stereocenters. The van der Waals surface area contributed by atoms with Crippen LogP contribution in [-0.2, 0) is 13.1 Å². The van der Waals surface area contributed by atoms with E-state index in [-0.39, 0.29) is 5.82 Å². The van der Waals surface area contributed by atoms with Crippen LogP contribution in [0.1, 0.15) is 31.4 Å². The molecule has 2 aromatic heterocycles. The van der Waals surface area contributed by atoms with Gasteiger partial charge in [-0.15, -0.1) is 10.2 Å². The second kappa shape index (κ2) is 5.16. The van der Waals surface area contributed by atoms with Crippen molar-refractivity contribution in [1.82, 2.24) is 35.0 Å². The van der Waals surface area contributed by atoms with E-state index >= 15 is 0 Å². The van der Waals surface area contributed by atoms with Gasteiger partial charge in [-0.05, 0) is 16.8 Å². The topological polar surface area (TPSA) is 98.1 Å². The predicted molar refractivity (Wildman–Crippen MR) is 56.6 cm³/mol. The summed E-state index contributed by atoms with van der Waals surface area (Å²) < 4.78 is 3.30. The molecule has 88 valence electrons. The fraction of sp³-hybridized carbons (Fsp3) is 0.556. The first-order chi connectivity index (χ1) is 8.33. The Morgan fingerprint density at radius 1 is 1.47 bits per heavy atom. The van der Waals surface area contributed by atoms with E-state index in [0.29, 0.717) is 12.4 Å². The molecule has 0 aromatic carbocycles. The van der Waals surface area contributed by atoms with Crippen molar-refractivity contribution in [2.24, 2.45) is 0 Å². The fourth-order valence-corrected chi connectivity index (χ4v) is 1.38. The van der Waals surface area contributed by atoms with Crippen LogP contribution >= 0.6 is 0 Å². The molecule has 0 saturated carbocycles. The molecule has 0 aliphatic carbocycles. The first-order valence-corrected chi connectivity index (χ1v) is 5.38. The van der Waals surface area contributed by atoms with Crippen LogP contribution in [0.2, 0.25) is 0 Å². The van der Waals surface area contributed by atoms with Gasteiger partial charge in [0.25, 0.3) is 5.82 Å². The zero-order chi connectivity index (χ0) is 12.1. The molecule has 2 rings (SSSR count). The molecule has 0 bridgehead atoms. The van der Waals surface area contributed by atoms with Crippen molar-refractivity contribution in [2.75, 3.05) is 0 Å². The lowest BCUT2D eigenvalue weighted by Gasteiger charge is -2.02. The van der Waals surface area contributed by atoms with E-state index in [1.165, 1.54) is 6.33 Å². The molecule has 2 heterocycles. The Kier molecular flexibility index (Phi) is 3.40. The number of rotatable bonds is 5. The molecule has 2 aromatic rings. The van der Waals surface area contributed by atoms with Gasteiger partial charge in [0.05, 0.1) is 0 Å². The Balaban J connectivity index is 2.08. The zero-order valence-electron chi connectivity index (χ0n) is 9.48. The number of aryl methyl sites for hydroxylation is 1. The minimum absolute atomic E-state index is 0.151. The number of hydrogen-bond donors (Lipinski definition) is 0. The van der Waals surface area contributed by atoms with E-state index < -0.39 is 0 Å². The van der Waals surface area contributed by atoms with Gasteiger partial charge in [-0.2, -0.15) is 5.26 Å². The molecule has 0 radical (unpaired) electrons. The van der Waals surface area contributed by atoms with Gasteiger partial charge in [0.15, 0.2) is 5.82 Å².